The molecular formula is C13H26N4O2. The molecule has 0 aromatic carbocycles. The summed E-state index contributed by atoms with van der Waals surface area (Å²) in [6, 6.07) is 0. The summed E-state index contributed by atoms with van der Waals surface area (Å²) in [5, 5.41) is 16.4. The van der Waals surface area contributed by atoms with E-state index >= 15 is 0 Å². The van der Waals surface area contributed by atoms with Gasteiger partial charge in [-0.3, -0.25) is 14.6 Å². The molecule has 0 aromatic heterocycles. The van der Waals surface area contributed by atoms with Crippen molar-refractivity contribution in [2.45, 2.75) is 25.5 Å². The number of β-amino-alcohol motifs (C(OH)–C–C–N with tert-alkyl or cyclic N) is 1. The van der Waals surface area contributed by atoms with E-state index in [0.29, 0.717) is 19.6 Å². The van der Waals surface area contributed by atoms with Gasteiger partial charge in [0.05, 0.1) is 11.6 Å². The molecule has 1 atom stereocenters. The minimum absolute atomic E-state index is 0.0492. The molecular weight excluding hydrogens is 244 g/mol. The van der Waals surface area contributed by atoms with Gasteiger partial charge in [0, 0.05) is 52.4 Å². The van der Waals surface area contributed by atoms with Crippen LogP contribution in [0.5, 0.6) is 0 Å². The van der Waals surface area contributed by atoms with Crippen LogP contribution in [0.1, 0.15) is 13.8 Å². The van der Waals surface area contributed by atoms with E-state index in [9.17, 15) is 9.90 Å². The number of nitrogens with one attached hydrogen (secondary N) is 2. The maximum atomic E-state index is 11.8. The number of aliphatic hydroxyl groups excluding tert-OH is 1. The Morgan fingerprint density at radius 3 is 2.58 bits per heavy atom. The predicted octanol–water partition coefficient (Wildman–Crippen LogP) is -1.54. The van der Waals surface area contributed by atoms with Crippen LogP contribution in [0.4, 0.5) is 0 Å². The maximum absolute atomic E-state index is 11.8. The van der Waals surface area contributed by atoms with E-state index < -0.39 is 11.6 Å². The Bertz CT molecular complexity index is 316. The van der Waals surface area contributed by atoms with Gasteiger partial charge in [-0.1, -0.05) is 0 Å². The van der Waals surface area contributed by atoms with Crippen molar-refractivity contribution in [2.24, 2.45) is 0 Å². The molecule has 19 heavy (non-hydrogen) atoms. The minimum Gasteiger partial charge on any atom is -0.390 e. The molecule has 3 N–H and O–H groups in total. The zero-order valence-corrected chi connectivity index (χ0v) is 12.0. The molecule has 2 fully saturated rings. The number of amides is 1. The summed E-state index contributed by atoms with van der Waals surface area (Å²) in [5.74, 6) is 0.0492. The average molecular weight is 270 g/mol. The fourth-order valence-electron chi connectivity index (χ4n) is 2.77. The lowest BCUT2D eigenvalue weighted by atomic mass is 9.98. The molecule has 1 unspecified atom stereocenters. The van der Waals surface area contributed by atoms with Crippen molar-refractivity contribution in [1.82, 2.24) is 20.4 Å². The molecule has 2 aliphatic heterocycles. The van der Waals surface area contributed by atoms with Gasteiger partial charge in [-0.15, -0.1) is 0 Å². The summed E-state index contributed by atoms with van der Waals surface area (Å²) < 4.78 is 0. The third-order valence-electron chi connectivity index (χ3n) is 4.12. The Morgan fingerprint density at radius 1 is 1.21 bits per heavy atom. The number of rotatable bonds is 4. The molecule has 0 saturated carbocycles. The van der Waals surface area contributed by atoms with Gasteiger partial charge in [0.1, 0.15) is 0 Å². The van der Waals surface area contributed by atoms with E-state index in [2.05, 4.69) is 20.4 Å². The molecule has 0 radical (unpaired) electrons. The van der Waals surface area contributed by atoms with E-state index in [1.165, 1.54) is 0 Å². The van der Waals surface area contributed by atoms with E-state index in [-0.39, 0.29) is 5.91 Å². The predicted molar refractivity (Wildman–Crippen MR) is 74.0 cm³/mol. The van der Waals surface area contributed by atoms with Crippen LogP contribution >= 0.6 is 0 Å². The van der Waals surface area contributed by atoms with Crippen LogP contribution in [0, 0.1) is 0 Å². The molecule has 2 aliphatic rings. The first-order valence-electron chi connectivity index (χ1n) is 7.14. The fourth-order valence-corrected chi connectivity index (χ4v) is 2.77. The molecule has 2 saturated heterocycles. The van der Waals surface area contributed by atoms with Crippen LogP contribution < -0.4 is 10.6 Å². The third-order valence-corrected chi connectivity index (χ3v) is 4.12. The second-order valence-electron chi connectivity index (χ2n) is 5.97. The number of hydrogen-bond acceptors (Lipinski definition) is 5. The molecule has 0 bridgehead atoms. The van der Waals surface area contributed by atoms with Gasteiger partial charge < -0.3 is 15.7 Å². The summed E-state index contributed by atoms with van der Waals surface area (Å²) in [6.07, 6.45) is -0.400. The maximum Gasteiger partial charge on any atom is 0.240 e. The van der Waals surface area contributed by atoms with Gasteiger partial charge in [0.2, 0.25) is 5.91 Å². The van der Waals surface area contributed by atoms with Gasteiger partial charge in [-0.2, -0.15) is 0 Å². The molecule has 1 amide bonds. The van der Waals surface area contributed by atoms with Gasteiger partial charge in [0.25, 0.3) is 0 Å². The number of piperazine rings is 2. The van der Waals surface area contributed by atoms with Crippen LogP contribution in [0.15, 0.2) is 0 Å². The summed E-state index contributed by atoms with van der Waals surface area (Å²) >= 11 is 0. The Kier molecular flexibility index (Phi) is 4.78. The molecule has 6 nitrogen and oxygen atoms in total. The fraction of sp³-hybridized carbons (Fsp3) is 0.923. The molecule has 110 valence electrons. The van der Waals surface area contributed by atoms with Crippen molar-refractivity contribution in [1.29, 1.82) is 0 Å². The van der Waals surface area contributed by atoms with Crippen molar-refractivity contribution in [2.75, 3.05) is 52.4 Å². The summed E-state index contributed by atoms with van der Waals surface area (Å²) in [5.41, 5.74) is -0.525. The lowest BCUT2D eigenvalue weighted by molar-refractivity contribution is -0.136. The van der Waals surface area contributed by atoms with Crippen LogP contribution in [0.3, 0.4) is 0 Å². The van der Waals surface area contributed by atoms with Crippen LogP contribution in [-0.2, 0) is 4.79 Å². The van der Waals surface area contributed by atoms with E-state index in [0.717, 1.165) is 32.7 Å². The number of carbonyl (C=O) groups excluding carboxylic acids is 1. The van der Waals surface area contributed by atoms with E-state index in [4.69, 9.17) is 0 Å². The molecule has 0 spiro atoms. The smallest absolute Gasteiger partial charge is 0.240 e. The molecule has 0 aromatic rings. The van der Waals surface area contributed by atoms with Gasteiger partial charge in [0.15, 0.2) is 0 Å². The summed E-state index contributed by atoms with van der Waals surface area (Å²) in [6.45, 7) is 10.5. The third kappa shape index (κ3) is 3.66. The number of aliphatic hydroxyl groups is 1. The molecule has 2 rings (SSSR count). The molecule has 6 heteroatoms. The average Bonchev–Trinajstić information content (AvgIpc) is 2.37. The highest BCUT2D eigenvalue weighted by Crippen LogP contribution is 2.17. The van der Waals surface area contributed by atoms with Crippen molar-refractivity contribution >= 4 is 5.91 Å². The Hall–Kier alpha value is -0.690. The first kappa shape index (κ1) is 14.7. The molecule has 2 heterocycles. The highest BCUT2D eigenvalue weighted by Gasteiger charge is 2.38. The van der Waals surface area contributed by atoms with Crippen molar-refractivity contribution in [3.63, 3.8) is 0 Å². The lowest BCUT2D eigenvalue weighted by Crippen LogP contribution is -2.63. The van der Waals surface area contributed by atoms with Crippen LogP contribution in [0.2, 0.25) is 0 Å². The van der Waals surface area contributed by atoms with Crippen molar-refractivity contribution < 1.29 is 9.90 Å². The summed E-state index contributed by atoms with van der Waals surface area (Å²) in [7, 11) is 0. The van der Waals surface area contributed by atoms with Gasteiger partial charge in [-0.25, -0.2) is 0 Å². The normalized spacial score (nSPS) is 27.0. The second-order valence-corrected chi connectivity index (χ2v) is 5.97. The van der Waals surface area contributed by atoms with Gasteiger partial charge >= 0.3 is 0 Å². The lowest BCUT2D eigenvalue weighted by Gasteiger charge is -2.42. The monoisotopic (exact) mass is 270 g/mol. The molecule has 0 aliphatic carbocycles. The quantitative estimate of drug-likeness (QED) is 0.578. The zero-order valence-electron chi connectivity index (χ0n) is 12.0. The van der Waals surface area contributed by atoms with Crippen LogP contribution in [0.25, 0.3) is 0 Å². The number of carbonyl (C=O) groups is 1. The first-order chi connectivity index (χ1) is 9.00. The van der Waals surface area contributed by atoms with E-state index in [1.807, 2.05) is 13.8 Å². The second kappa shape index (κ2) is 6.17. The van der Waals surface area contributed by atoms with Gasteiger partial charge in [-0.05, 0) is 13.8 Å². The summed E-state index contributed by atoms with van der Waals surface area (Å²) in [4.78, 5) is 16.2. The van der Waals surface area contributed by atoms with Crippen molar-refractivity contribution in [3.8, 4) is 0 Å². The first-order valence-corrected chi connectivity index (χ1v) is 7.14. The standard InChI is InChI=1S/C13H26N4O2/c1-13(2)12(19)15-5-8-17(13)10-11(18)9-16-6-3-14-4-7-16/h11,14,18H,3-10H2,1-2H3,(H,15,19). The zero-order chi connectivity index (χ0) is 13.9. The Balaban J connectivity index is 1.83. The topological polar surface area (TPSA) is 67.8 Å². The Morgan fingerprint density at radius 2 is 1.89 bits per heavy atom. The van der Waals surface area contributed by atoms with Crippen molar-refractivity contribution in [3.05, 3.63) is 0 Å². The number of nitrogens with zero attached hydrogens (tertiary/aromatic N) is 2. The minimum atomic E-state index is -0.525. The Labute approximate surface area is 115 Å². The highest BCUT2D eigenvalue weighted by molar-refractivity contribution is 5.86. The van der Waals surface area contributed by atoms with E-state index in [1.54, 1.807) is 0 Å². The highest BCUT2D eigenvalue weighted by atomic mass is 16.3. The largest absolute Gasteiger partial charge is 0.390 e. The van der Waals surface area contributed by atoms with Crippen LogP contribution in [-0.4, -0.2) is 84.8 Å². The SMILES string of the molecule is CC1(C)C(=O)NCCN1CC(O)CN1CCNCC1. The number of hydrogen-bond donors (Lipinski definition) is 3.